The standard InChI is InChI=1S/C27H16N4S2/c1-2-7-16-15(6-1)11-12-17-21(20-10-5-13-32-20)22-24-25(33-27(22)30-23(16)17)26-29-18-8-3-4-9-19(18)31(26)14-28-24/h1-10,13-14H,11-12H2. The fourth-order valence-electron chi connectivity index (χ4n) is 5.25. The Labute approximate surface area is 196 Å². The number of nitrogens with zero attached hydrogens (tertiary/aromatic N) is 4. The number of aromatic nitrogens is 4. The maximum atomic E-state index is 5.27. The van der Waals surface area contributed by atoms with Gasteiger partial charge in [0.2, 0.25) is 0 Å². The van der Waals surface area contributed by atoms with E-state index < -0.39 is 0 Å². The number of aryl methyl sites for hydroxylation is 1. The normalized spacial score (nSPS) is 13.2. The quantitative estimate of drug-likeness (QED) is 0.261. The summed E-state index contributed by atoms with van der Waals surface area (Å²) < 4.78 is 3.21. The SMILES string of the molecule is c1csc(-c2c3c(nc4sc5c(ncn6c7ccccc7nc56)c24)-c2ccccc2CC3)c1. The van der Waals surface area contributed by atoms with Crippen LogP contribution >= 0.6 is 22.7 Å². The Morgan fingerprint density at radius 2 is 1.79 bits per heavy atom. The third-order valence-electron chi connectivity index (χ3n) is 6.70. The Kier molecular flexibility index (Phi) is 3.51. The Morgan fingerprint density at radius 3 is 2.73 bits per heavy atom. The molecule has 0 atom stereocenters. The molecule has 0 aliphatic heterocycles. The minimum atomic E-state index is 0.958. The van der Waals surface area contributed by atoms with Gasteiger partial charge in [0.15, 0.2) is 5.65 Å². The second-order valence-electron chi connectivity index (χ2n) is 8.45. The molecule has 1 aliphatic carbocycles. The van der Waals surface area contributed by atoms with Crippen LogP contribution in [0, 0.1) is 0 Å². The highest BCUT2D eigenvalue weighted by atomic mass is 32.1. The molecule has 7 aromatic rings. The molecule has 8 rings (SSSR count). The minimum Gasteiger partial charge on any atom is -0.282 e. The smallest absolute Gasteiger partial charge is 0.158 e. The largest absolute Gasteiger partial charge is 0.282 e. The Bertz CT molecular complexity index is 1880. The predicted molar refractivity (Wildman–Crippen MR) is 137 cm³/mol. The van der Waals surface area contributed by atoms with Gasteiger partial charge >= 0.3 is 0 Å². The highest BCUT2D eigenvalue weighted by Crippen LogP contribution is 2.47. The Hall–Kier alpha value is -3.61. The fourth-order valence-corrected chi connectivity index (χ4v) is 7.17. The molecule has 0 saturated carbocycles. The summed E-state index contributed by atoms with van der Waals surface area (Å²) >= 11 is 3.51. The van der Waals surface area contributed by atoms with Crippen molar-refractivity contribution in [1.29, 1.82) is 0 Å². The van der Waals surface area contributed by atoms with Crippen LogP contribution in [0.2, 0.25) is 0 Å². The molecule has 0 radical (unpaired) electrons. The molecule has 5 heterocycles. The summed E-state index contributed by atoms with van der Waals surface area (Å²) in [6.45, 7) is 0. The lowest BCUT2D eigenvalue weighted by Gasteiger charge is -2.22. The van der Waals surface area contributed by atoms with Crippen molar-refractivity contribution in [3.63, 3.8) is 0 Å². The van der Waals surface area contributed by atoms with E-state index in [4.69, 9.17) is 15.0 Å². The maximum Gasteiger partial charge on any atom is 0.158 e. The number of thiophene rings is 2. The van der Waals surface area contributed by atoms with E-state index in [1.54, 1.807) is 22.7 Å². The van der Waals surface area contributed by atoms with Gasteiger partial charge in [-0.2, -0.15) is 0 Å². The van der Waals surface area contributed by atoms with Gasteiger partial charge in [-0.05, 0) is 47.5 Å². The number of fused-ring (bicyclic) bond motifs is 10. The summed E-state index contributed by atoms with van der Waals surface area (Å²) in [6.07, 6.45) is 3.96. The first-order chi connectivity index (χ1) is 16.4. The summed E-state index contributed by atoms with van der Waals surface area (Å²) in [6, 6.07) is 21.3. The number of imidazole rings is 1. The monoisotopic (exact) mass is 460 g/mol. The van der Waals surface area contributed by atoms with Gasteiger partial charge in [-0.3, -0.25) is 4.40 Å². The van der Waals surface area contributed by atoms with E-state index in [1.807, 2.05) is 18.5 Å². The molecule has 0 bridgehead atoms. The molecule has 1 aliphatic rings. The van der Waals surface area contributed by atoms with Gasteiger partial charge in [0.1, 0.15) is 11.2 Å². The Morgan fingerprint density at radius 1 is 0.879 bits per heavy atom. The van der Waals surface area contributed by atoms with E-state index in [0.29, 0.717) is 0 Å². The van der Waals surface area contributed by atoms with Crippen molar-refractivity contribution in [1.82, 2.24) is 19.4 Å². The molecule has 5 aromatic heterocycles. The molecule has 156 valence electrons. The second-order valence-corrected chi connectivity index (χ2v) is 10.4. The third-order valence-corrected chi connectivity index (χ3v) is 8.66. The van der Waals surface area contributed by atoms with Gasteiger partial charge in [-0.15, -0.1) is 22.7 Å². The van der Waals surface area contributed by atoms with Gasteiger partial charge in [0.25, 0.3) is 0 Å². The lowest BCUT2D eigenvalue weighted by atomic mass is 9.85. The zero-order valence-corrected chi connectivity index (χ0v) is 19.1. The van der Waals surface area contributed by atoms with Crippen LogP contribution in [0.4, 0.5) is 0 Å². The van der Waals surface area contributed by atoms with E-state index in [2.05, 4.69) is 58.3 Å². The minimum absolute atomic E-state index is 0.958. The summed E-state index contributed by atoms with van der Waals surface area (Å²) in [4.78, 5) is 17.5. The first kappa shape index (κ1) is 17.9. The maximum absolute atomic E-state index is 5.27. The molecule has 0 saturated heterocycles. The number of para-hydroxylation sites is 2. The summed E-state index contributed by atoms with van der Waals surface area (Å²) in [5.41, 5.74) is 10.5. The zero-order chi connectivity index (χ0) is 21.5. The molecular weight excluding hydrogens is 444 g/mol. The molecule has 2 aromatic carbocycles. The average Bonchev–Trinajstić information content (AvgIpc) is 3.59. The number of pyridine rings is 1. The molecule has 0 N–H and O–H groups in total. The van der Waals surface area contributed by atoms with Crippen LogP contribution in [-0.2, 0) is 12.8 Å². The van der Waals surface area contributed by atoms with Crippen molar-refractivity contribution >= 4 is 59.8 Å². The molecule has 6 heteroatoms. The van der Waals surface area contributed by atoms with Crippen molar-refractivity contribution in [2.45, 2.75) is 12.8 Å². The number of hydrogen-bond acceptors (Lipinski definition) is 5. The average molecular weight is 461 g/mol. The molecule has 4 nitrogen and oxygen atoms in total. The molecule has 0 fully saturated rings. The summed E-state index contributed by atoms with van der Waals surface area (Å²) in [7, 11) is 0. The zero-order valence-electron chi connectivity index (χ0n) is 17.4. The van der Waals surface area contributed by atoms with Gasteiger partial charge in [0.05, 0.1) is 26.9 Å². The molecule has 0 unspecified atom stereocenters. The van der Waals surface area contributed by atoms with E-state index in [9.17, 15) is 0 Å². The van der Waals surface area contributed by atoms with E-state index in [0.717, 1.165) is 50.3 Å². The predicted octanol–water partition coefficient (Wildman–Crippen LogP) is 7.14. The molecule has 0 spiro atoms. The van der Waals surface area contributed by atoms with Crippen LogP contribution < -0.4 is 0 Å². The third kappa shape index (κ3) is 2.37. The highest BCUT2D eigenvalue weighted by Gasteiger charge is 2.27. The van der Waals surface area contributed by atoms with Crippen LogP contribution in [0.15, 0.2) is 72.4 Å². The molecule has 33 heavy (non-hydrogen) atoms. The van der Waals surface area contributed by atoms with E-state index in [-0.39, 0.29) is 0 Å². The van der Waals surface area contributed by atoms with Gasteiger partial charge in [-0.1, -0.05) is 42.5 Å². The van der Waals surface area contributed by atoms with Gasteiger partial charge in [-0.25, -0.2) is 15.0 Å². The van der Waals surface area contributed by atoms with Crippen molar-refractivity contribution in [3.8, 4) is 21.7 Å². The molecule has 0 amide bonds. The number of hydrogen-bond donors (Lipinski definition) is 0. The number of benzene rings is 2. The fraction of sp³-hybridized carbons (Fsp3) is 0.0741. The summed E-state index contributed by atoms with van der Waals surface area (Å²) in [5, 5.41) is 3.33. The lowest BCUT2D eigenvalue weighted by molar-refractivity contribution is 0.936. The van der Waals surface area contributed by atoms with Crippen LogP contribution in [-0.4, -0.2) is 19.4 Å². The first-order valence-corrected chi connectivity index (χ1v) is 12.7. The van der Waals surface area contributed by atoms with E-state index >= 15 is 0 Å². The lowest BCUT2D eigenvalue weighted by Crippen LogP contribution is -2.07. The van der Waals surface area contributed by atoms with Crippen LogP contribution in [0.3, 0.4) is 0 Å². The topological polar surface area (TPSA) is 43.1 Å². The Balaban J connectivity index is 1.57. The second kappa shape index (κ2) is 6.47. The van der Waals surface area contributed by atoms with Crippen molar-refractivity contribution in [2.75, 3.05) is 0 Å². The first-order valence-electron chi connectivity index (χ1n) is 11.0. The van der Waals surface area contributed by atoms with Crippen molar-refractivity contribution in [2.24, 2.45) is 0 Å². The van der Waals surface area contributed by atoms with Crippen LogP contribution in [0.25, 0.3) is 58.8 Å². The summed E-state index contributed by atoms with van der Waals surface area (Å²) in [5.74, 6) is 0. The van der Waals surface area contributed by atoms with Crippen molar-refractivity contribution in [3.05, 3.63) is 83.5 Å². The van der Waals surface area contributed by atoms with Crippen LogP contribution in [0.5, 0.6) is 0 Å². The van der Waals surface area contributed by atoms with Gasteiger partial charge < -0.3 is 0 Å². The number of rotatable bonds is 1. The van der Waals surface area contributed by atoms with Crippen LogP contribution in [0.1, 0.15) is 11.1 Å². The van der Waals surface area contributed by atoms with Gasteiger partial charge in [0, 0.05) is 21.4 Å². The molecular formula is C27H16N4S2. The highest BCUT2D eigenvalue weighted by molar-refractivity contribution is 7.26. The van der Waals surface area contributed by atoms with Crippen molar-refractivity contribution < 1.29 is 0 Å². The van der Waals surface area contributed by atoms with E-state index in [1.165, 1.54) is 32.5 Å².